The maximum absolute atomic E-state index is 11.8. The zero-order valence-corrected chi connectivity index (χ0v) is 12.2. The molecular formula is C18H22O3. The van der Waals surface area contributed by atoms with Crippen molar-refractivity contribution in [3.8, 4) is 5.75 Å². The topological polar surface area (TPSA) is 46.5 Å². The van der Waals surface area contributed by atoms with Gasteiger partial charge in [-0.1, -0.05) is 18.2 Å². The Balaban J connectivity index is 1.58. The van der Waals surface area contributed by atoms with E-state index >= 15 is 0 Å². The highest BCUT2D eigenvalue weighted by molar-refractivity contribution is 5.73. The molecule has 0 heterocycles. The second kappa shape index (κ2) is 5.04. The molecule has 1 N–H and O–H groups in total. The summed E-state index contributed by atoms with van der Waals surface area (Å²) in [5.41, 5.74) is 0. The first-order chi connectivity index (χ1) is 10.2. The number of carbonyl (C=O) groups is 1. The molecule has 0 aliphatic heterocycles. The van der Waals surface area contributed by atoms with Gasteiger partial charge in [0.1, 0.15) is 5.75 Å². The summed E-state index contributed by atoms with van der Waals surface area (Å²) in [5, 5.41) is 9.69. The van der Waals surface area contributed by atoms with Gasteiger partial charge in [-0.15, -0.1) is 0 Å². The molecule has 3 nitrogen and oxygen atoms in total. The zero-order chi connectivity index (χ0) is 14.4. The highest BCUT2D eigenvalue weighted by Gasteiger charge is 2.52. The Bertz CT molecular complexity index is 497. The number of rotatable bonds is 4. The lowest BCUT2D eigenvalue weighted by Gasteiger charge is -2.55. The van der Waals surface area contributed by atoms with Crippen molar-refractivity contribution < 1.29 is 14.6 Å². The van der Waals surface area contributed by atoms with E-state index in [0.29, 0.717) is 17.6 Å². The van der Waals surface area contributed by atoms with Crippen molar-refractivity contribution in [1.82, 2.24) is 0 Å². The molecule has 0 spiro atoms. The van der Waals surface area contributed by atoms with Crippen LogP contribution in [0.25, 0.3) is 0 Å². The SMILES string of the molecule is O=C(O)C(Oc1ccccc1)C1C2CC3CC(C2)CC1C3. The van der Waals surface area contributed by atoms with Crippen molar-refractivity contribution in [2.45, 2.75) is 38.2 Å². The largest absolute Gasteiger partial charge is 0.478 e. The normalized spacial score (nSPS) is 38.2. The number of benzene rings is 1. The minimum absolute atomic E-state index is 0.204. The average molecular weight is 286 g/mol. The lowest BCUT2D eigenvalue weighted by atomic mass is 9.51. The van der Waals surface area contributed by atoms with E-state index in [1.54, 1.807) is 0 Å². The monoisotopic (exact) mass is 286 g/mol. The van der Waals surface area contributed by atoms with E-state index in [1.807, 2.05) is 30.3 Å². The highest BCUT2D eigenvalue weighted by atomic mass is 16.5. The number of aliphatic carboxylic acids is 1. The Kier molecular flexibility index (Phi) is 3.16. The molecule has 3 heteroatoms. The van der Waals surface area contributed by atoms with E-state index in [2.05, 4.69) is 0 Å². The van der Waals surface area contributed by atoms with Crippen LogP contribution >= 0.6 is 0 Å². The average Bonchev–Trinajstić information content (AvgIpc) is 2.46. The van der Waals surface area contributed by atoms with E-state index in [9.17, 15) is 9.90 Å². The smallest absolute Gasteiger partial charge is 0.345 e. The molecule has 4 aliphatic rings. The molecule has 0 saturated heterocycles. The van der Waals surface area contributed by atoms with Gasteiger partial charge >= 0.3 is 5.97 Å². The second-order valence-electron chi connectivity index (χ2n) is 7.20. The van der Waals surface area contributed by atoms with Gasteiger partial charge in [0.15, 0.2) is 6.10 Å². The summed E-state index contributed by atoms with van der Waals surface area (Å²) in [6.45, 7) is 0. The molecule has 4 bridgehead atoms. The molecule has 4 fully saturated rings. The van der Waals surface area contributed by atoms with Gasteiger partial charge in [-0.25, -0.2) is 4.79 Å². The van der Waals surface area contributed by atoms with Crippen molar-refractivity contribution in [3.63, 3.8) is 0 Å². The van der Waals surface area contributed by atoms with Crippen LogP contribution in [0.15, 0.2) is 30.3 Å². The van der Waals surface area contributed by atoms with E-state index in [-0.39, 0.29) is 5.92 Å². The first-order valence-corrected chi connectivity index (χ1v) is 8.15. The zero-order valence-electron chi connectivity index (χ0n) is 12.2. The number of hydrogen-bond acceptors (Lipinski definition) is 2. The van der Waals surface area contributed by atoms with Crippen molar-refractivity contribution >= 4 is 5.97 Å². The second-order valence-corrected chi connectivity index (χ2v) is 7.20. The number of carboxylic acids is 1. The number of para-hydroxylation sites is 1. The van der Waals surface area contributed by atoms with Crippen LogP contribution in [0.5, 0.6) is 5.75 Å². The van der Waals surface area contributed by atoms with Crippen LogP contribution in [0.2, 0.25) is 0 Å². The molecule has 0 amide bonds. The van der Waals surface area contributed by atoms with Gasteiger partial charge in [-0.3, -0.25) is 0 Å². The Morgan fingerprint density at radius 3 is 2.10 bits per heavy atom. The summed E-state index contributed by atoms with van der Waals surface area (Å²) in [4.78, 5) is 11.8. The first-order valence-electron chi connectivity index (χ1n) is 8.15. The third-order valence-corrected chi connectivity index (χ3v) is 5.90. The van der Waals surface area contributed by atoms with Gasteiger partial charge in [0.05, 0.1) is 0 Å². The molecule has 4 saturated carbocycles. The van der Waals surface area contributed by atoms with Crippen LogP contribution in [-0.2, 0) is 4.79 Å². The van der Waals surface area contributed by atoms with Gasteiger partial charge in [-0.05, 0) is 67.9 Å². The van der Waals surface area contributed by atoms with Crippen molar-refractivity contribution in [1.29, 1.82) is 0 Å². The van der Waals surface area contributed by atoms with Gasteiger partial charge in [-0.2, -0.15) is 0 Å². The van der Waals surface area contributed by atoms with Crippen molar-refractivity contribution in [2.75, 3.05) is 0 Å². The predicted molar refractivity (Wildman–Crippen MR) is 79.0 cm³/mol. The Morgan fingerprint density at radius 1 is 1.00 bits per heavy atom. The highest BCUT2D eigenvalue weighted by Crippen LogP contribution is 2.57. The van der Waals surface area contributed by atoms with Crippen LogP contribution in [0, 0.1) is 29.6 Å². The van der Waals surface area contributed by atoms with Crippen LogP contribution in [0.4, 0.5) is 0 Å². The summed E-state index contributed by atoms with van der Waals surface area (Å²) < 4.78 is 5.90. The third kappa shape index (κ3) is 2.33. The molecule has 0 radical (unpaired) electrons. The van der Waals surface area contributed by atoms with E-state index in [1.165, 1.54) is 32.1 Å². The fraction of sp³-hybridized carbons (Fsp3) is 0.611. The van der Waals surface area contributed by atoms with Crippen LogP contribution in [0.3, 0.4) is 0 Å². The summed E-state index contributed by atoms with van der Waals surface area (Å²) in [7, 11) is 0. The van der Waals surface area contributed by atoms with E-state index < -0.39 is 12.1 Å². The molecule has 4 aliphatic carbocycles. The standard InChI is InChI=1S/C18H22O3/c19-18(20)17(21-15-4-2-1-3-5-15)16-13-7-11-6-12(9-13)10-14(16)8-11/h1-5,11-14,16-17H,6-10H2,(H,19,20). The minimum Gasteiger partial charge on any atom is -0.478 e. The number of ether oxygens (including phenoxy) is 1. The van der Waals surface area contributed by atoms with Gasteiger partial charge in [0.25, 0.3) is 0 Å². The first kappa shape index (κ1) is 13.2. The van der Waals surface area contributed by atoms with Crippen molar-refractivity contribution in [2.24, 2.45) is 29.6 Å². The minimum atomic E-state index is -0.795. The molecule has 5 rings (SSSR count). The summed E-state index contributed by atoms with van der Waals surface area (Å²) in [6.07, 6.45) is 5.59. The van der Waals surface area contributed by atoms with Crippen LogP contribution in [-0.4, -0.2) is 17.2 Å². The molecule has 1 aromatic carbocycles. The predicted octanol–water partition coefficient (Wildman–Crippen LogP) is 3.59. The van der Waals surface area contributed by atoms with Crippen LogP contribution < -0.4 is 4.74 Å². The molecule has 1 unspecified atom stereocenters. The third-order valence-electron chi connectivity index (χ3n) is 5.90. The molecular weight excluding hydrogens is 264 g/mol. The molecule has 112 valence electrons. The summed E-state index contributed by atoms with van der Waals surface area (Å²) in [5.74, 6) is 2.92. The number of hydrogen-bond donors (Lipinski definition) is 1. The maximum Gasteiger partial charge on any atom is 0.345 e. The molecule has 1 aromatic rings. The van der Waals surface area contributed by atoms with Crippen LogP contribution in [0.1, 0.15) is 32.1 Å². The molecule has 21 heavy (non-hydrogen) atoms. The summed E-state index contributed by atoms with van der Waals surface area (Å²) >= 11 is 0. The Morgan fingerprint density at radius 2 is 1.57 bits per heavy atom. The van der Waals surface area contributed by atoms with E-state index in [4.69, 9.17) is 4.74 Å². The Labute approximate surface area is 125 Å². The molecule has 0 aromatic heterocycles. The van der Waals surface area contributed by atoms with E-state index in [0.717, 1.165) is 11.8 Å². The molecule has 1 atom stereocenters. The maximum atomic E-state index is 11.8. The quantitative estimate of drug-likeness (QED) is 0.920. The van der Waals surface area contributed by atoms with Crippen molar-refractivity contribution in [3.05, 3.63) is 30.3 Å². The Hall–Kier alpha value is -1.51. The van der Waals surface area contributed by atoms with Gasteiger partial charge < -0.3 is 9.84 Å². The lowest BCUT2D eigenvalue weighted by molar-refractivity contribution is -0.158. The lowest BCUT2D eigenvalue weighted by Crippen LogP contribution is -2.52. The fourth-order valence-corrected chi connectivity index (χ4v) is 5.40. The summed E-state index contributed by atoms with van der Waals surface area (Å²) in [6, 6.07) is 9.42. The van der Waals surface area contributed by atoms with Gasteiger partial charge in [0, 0.05) is 5.92 Å². The van der Waals surface area contributed by atoms with Gasteiger partial charge in [0.2, 0.25) is 0 Å². The fourth-order valence-electron chi connectivity index (χ4n) is 5.40. The number of carboxylic acid groups (broad SMARTS) is 1.